The van der Waals surface area contributed by atoms with Crippen LogP contribution in [0.25, 0.3) is 0 Å². The van der Waals surface area contributed by atoms with E-state index in [1.807, 2.05) is 0 Å². The van der Waals surface area contributed by atoms with Gasteiger partial charge in [0, 0.05) is 12.1 Å². The lowest BCUT2D eigenvalue weighted by Crippen LogP contribution is -2.37. The smallest absolute Gasteiger partial charge is 0.254 e. The average molecular weight is 237 g/mol. The van der Waals surface area contributed by atoms with E-state index in [1.54, 1.807) is 24.0 Å². The molecule has 3 nitrogen and oxygen atoms in total. The summed E-state index contributed by atoms with van der Waals surface area (Å²) in [6.45, 7) is 2.27. The lowest BCUT2D eigenvalue weighted by Gasteiger charge is -2.23. The van der Waals surface area contributed by atoms with Crippen LogP contribution in [0.1, 0.15) is 28.8 Å². The van der Waals surface area contributed by atoms with Crippen LogP contribution in [-0.4, -0.2) is 35.1 Å². The number of aliphatic hydroxyl groups is 1. The normalized spacial score (nSPS) is 19.7. The zero-order chi connectivity index (χ0) is 12.4. The van der Waals surface area contributed by atoms with E-state index in [-0.39, 0.29) is 24.4 Å². The molecule has 1 aromatic carbocycles. The third kappa shape index (κ3) is 2.31. The summed E-state index contributed by atoms with van der Waals surface area (Å²) in [6.07, 6.45) is 1.71. The zero-order valence-corrected chi connectivity index (χ0v) is 9.82. The summed E-state index contributed by atoms with van der Waals surface area (Å²) < 4.78 is 13.4. The fourth-order valence-corrected chi connectivity index (χ4v) is 2.18. The van der Waals surface area contributed by atoms with Gasteiger partial charge in [-0.25, -0.2) is 4.39 Å². The molecule has 1 aromatic rings. The fraction of sp³-hybridized carbons (Fsp3) is 0.462. The van der Waals surface area contributed by atoms with Gasteiger partial charge >= 0.3 is 0 Å². The van der Waals surface area contributed by atoms with Crippen LogP contribution >= 0.6 is 0 Å². The summed E-state index contributed by atoms with van der Waals surface area (Å²) in [5, 5.41) is 9.16. The number of aliphatic hydroxyl groups excluding tert-OH is 1. The molecule has 2 rings (SSSR count). The molecule has 0 unspecified atom stereocenters. The molecule has 92 valence electrons. The number of carbonyl (C=O) groups excluding carboxylic acids is 1. The molecule has 1 atom stereocenters. The van der Waals surface area contributed by atoms with Crippen LogP contribution in [-0.2, 0) is 0 Å². The molecule has 17 heavy (non-hydrogen) atoms. The Morgan fingerprint density at radius 3 is 3.00 bits per heavy atom. The summed E-state index contributed by atoms with van der Waals surface area (Å²) in [5.41, 5.74) is 0.884. The van der Waals surface area contributed by atoms with Crippen molar-refractivity contribution < 1.29 is 14.3 Å². The monoisotopic (exact) mass is 237 g/mol. The summed E-state index contributed by atoms with van der Waals surface area (Å²) in [6, 6.07) is 4.39. The van der Waals surface area contributed by atoms with Crippen LogP contribution in [0.5, 0.6) is 0 Å². The number of carbonyl (C=O) groups is 1. The largest absolute Gasteiger partial charge is 0.394 e. The summed E-state index contributed by atoms with van der Waals surface area (Å²) in [7, 11) is 0. The van der Waals surface area contributed by atoms with E-state index in [2.05, 4.69) is 0 Å². The van der Waals surface area contributed by atoms with Crippen molar-refractivity contribution in [1.29, 1.82) is 0 Å². The van der Waals surface area contributed by atoms with Gasteiger partial charge in [-0.1, -0.05) is 6.07 Å². The van der Waals surface area contributed by atoms with Crippen molar-refractivity contribution in [2.45, 2.75) is 25.8 Å². The maximum atomic E-state index is 13.4. The van der Waals surface area contributed by atoms with Crippen molar-refractivity contribution in [2.24, 2.45) is 0 Å². The number of halogens is 1. The highest BCUT2D eigenvalue weighted by atomic mass is 19.1. The molecule has 0 aromatic heterocycles. The van der Waals surface area contributed by atoms with Crippen molar-refractivity contribution in [3.63, 3.8) is 0 Å². The highest BCUT2D eigenvalue weighted by Gasteiger charge is 2.28. The van der Waals surface area contributed by atoms with E-state index in [1.165, 1.54) is 6.07 Å². The minimum absolute atomic E-state index is 0.0277. The van der Waals surface area contributed by atoms with Gasteiger partial charge in [0.15, 0.2) is 0 Å². The van der Waals surface area contributed by atoms with Crippen LogP contribution in [0.3, 0.4) is 0 Å². The van der Waals surface area contributed by atoms with Gasteiger partial charge in [0.25, 0.3) is 5.91 Å². The molecule has 1 fully saturated rings. The van der Waals surface area contributed by atoms with Crippen molar-refractivity contribution in [1.82, 2.24) is 4.90 Å². The van der Waals surface area contributed by atoms with Crippen molar-refractivity contribution in [2.75, 3.05) is 13.2 Å². The molecule has 1 heterocycles. The molecule has 1 aliphatic heterocycles. The first-order valence-corrected chi connectivity index (χ1v) is 5.81. The van der Waals surface area contributed by atoms with Crippen LogP contribution in [0, 0.1) is 12.7 Å². The number of hydrogen-bond donors (Lipinski definition) is 1. The number of nitrogens with zero attached hydrogens (tertiary/aromatic N) is 1. The molecular formula is C13H16FNO2. The number of aryl methyl sites for hydroxylation is 1. The maximum absolute atomic E-state index is 13.4. The number of amides is 1. The standard InChI is InChI=1S/C13H16FNO2/c1-9-4-5-10(7-12(9)14)13(17)15-6-2-3-11(15)8-16/h4-5,7,11,16H,2-3,6,8H2,1H3/t11-/m0/s1. The predicted molar refractivity (Wildman–Crippen MR) is 62.3 cm³/mol. The summed E-state index contributed by atoms with van der Waals surface area (Å²) in [5.74, 6) is -0.559. The highest BCUT2D eigenvalue weighted by Crippen LogP contribution is 2.20. The van der Waals surface area contributed by atoms with Gasteiger partial charge in [0.05, 0.1) is 12.6 Å². The Labute approximate surface area is 99.9 Å². The van der Waals surface area contributed by atoms with Gasteiger partial charge < -0.3 is 10.0 Å². The SMILES string of the molecule is Cc1ccc(C(=O)N2CCC[C@H]2CO)cc1F. The average Bonchev–Trinajstić information content (AvgIpc) is 2.80. The third-order valence-electron chi connectivity index (χ3n) is 3.27. The molecule has 1 saturated heterocycles. The number of rotatable bonds is 2. The lowest BCUT2D eigenvalue weighted by atomic mass is 10.1. The Hall–Kier alpha value is -1.42. The molecular weight excluding hydrogens is 221 g/mol. The topological polar surface area (TPSA) is 40.5 Å². The number of benzene rings is 1. The summed E-state index contributed by atoms with van der Waals surface area (Å²) in [4.78, 5) is 13.8. The van der Waals surface area contributed by atoms with E-state index < -0.39 is 0 Å². The molecule has 0 bridgehead atoms. The second-order valence-electron chi connectivity index (χ2n) is 4.44. The molecule has 0 saturated carbocycles. The maximum Gasteiger partial charge on any atom is 0.254 e. The van der Waals surface area contributed by atoms with Crippen molar-refractivity contribution in [3.05, 3.63) is 35.1 Å². The van der Waals surface area contributed by atoms with Gasteiger partial charge in [0.2, 0.25) is 0 Å². The Balaban J connectivity index is 2.21. The molecule has 1 N–H and O–H groups in total. The van der Waals surface area contributed by atoms with Crippen LogP contribution < -0.4 is 0 Å². The molecule has 0 aliphatic carbocycles. The van der Waals surface area contributed by atoms with E-state index in [0.29, 0.717) is 17.7 Å². The van der Waals surface area contributed by atoms with Gasteiger partial charge in [0.1, 0.15) is 5.82 Å². The highest BCUT2D eigenvalue weighted by molar-refractivity contribution is 5.94. The third-order valence-corrected chi connectivity index (χ3v) is 3.27. The minimum atomic E-state index is -0.365. The number of hydrogen-bond acceptors (Lipinski definition) is 2. The fourth-order valence-electron chi connectivity index (χ4n) is 2.18. The van der Waals surface area contributed by atoms with Gasteiger partial charge in [-0.2, -0.15) is 0 Å². The predicted octanol–water partition coefficient (Wildman–Crippen LogP) is 1.73. The van der Waals surface area contributed by atoms with Gasteiger partial charge in [-0.15, -0.1) is 0 Å². The van der Waals surface area contributed by atoms with E-state index >= 15 is 0 Å². The van der Waals surface area contributed by atoms with Gasteiger partial charge in [-0.3, -0.25) is 4.79 Å². The molecule has 4 heteroatoms. The van der Waals surface area contributed by atoms with Crippen molar-refractivity contribution in [3.8, 4) is 0 Å². The van der Waals surface area contributed by atoms with E-state index in [9.17, 15) is 9.18 Å². The Kier molecular flexibility index (Phi) is 3.43. The first-order chi connectivity index (χ1) is 8.13. The quantitative estimate of drug-likeness (QED) is 0.851. The molecule has 0 spiro atoms. The van der Waals surface area contributed by atoms with Crippen LogP contribution in [0.15, 0.2) is 18.2 Å². The Morgan fingerprint density at radius 2 is 2.35 bits per heavy atom. The first kappa shape index (κ1) is 12.0. The van der Waals surface area contributed by atoms with E-state index in [0.717, 1.165) is 12.8 Å². The van der Waals surface area contributed by atoms with Crippen molar-refractivity contribution >= 4 is 5.91 Å². The first-order valence-electron chi connectivity index (χ1n) is 5.81. The second kappa shape index (κ2) is 4.84. The van der Waals surface area contributed by atoms with Crippen LogP contribution in [0.4, 0.5) is 4.39 Å². The second-order valence-corrected chi connectivity index (χ2v) is 4.44. The number of likely N-dealkylation sites (tertiary alicyclic amines) is 1. The van der Waals surface area contributed by atoms with Gasteiger partial charge in [-0.05, 0) is 37.5 Å². The Bertz CT molecular complexity index is 433. The molecule has 1 amide bonds. The van der Waals surface area contributed by atoms with E-state index in [4.69, 9.17) is 5.11 Å². The minimum Gasteiger partial charge on any atom is -0.394 e. The lowest BCUT2D eigenvalue weighted by molar-refractivity contribution is 0.0677. The summed E-state index contributed by atoms with van der Waals surface area (Å²) >= 11 is 0. The zero-order valence-electron chi connectivity index (χ0n) is 9.82. The Morgan fingerprint density at radius 1 is 1.59 bits per heavy atom. The molecule has 0 radical (unpaired) electrons. The van der Waals surface area contributed by atoms with Crippen LogP contribution in [0.2, 0.25) is 0 Å². The molecule has 1 aliphatic rings.